The molecule has 39 heavy (non-hydrogen) atoms. The number of aryl methyl sites for hydroxylation is 1. The zero-order valence-corrected chi connectivity index (χ0v) is 23.5. The SMILES string of the molecule is C=CCNC(=O)C(Cc1ccccc1)N(Cc1ccc(Cl)cc1)C(=O)CCc1ccc(S(=O)(=O)NCC)cc1. The molecule has 0 aliphatic heterocycles. The molecule has 0 bridgehead atoms. The monoisotopic (exact) mass is 567 g/mol. The first-order chi connectivity index (χ1) is 18.7. The molecule has 206 valence electrons. The van der Waals surface area contributed by atoms with Gasteiger partial charge in [0.05, 0.1) is 4.90 Å². The fraction of sp³-hybridized carbons (Fsp3) is 0.267. The number of nitrogens with one attached hydrogen (secondary N) is 2. The summed E-state index contributed by atoms with van der Waals surface area (Å²) in [5, 5.41) is 3.44. The number of amides is 2. The van der Waals surface area contributed by atoms with Crippen LogP contribution in [-0.2, 0) is 39.0 Å². The lowest BCUT2D eigenvalue weighted by molar-refractivity contribution is -0.141. The van der Waals surface area contributed by atoms with Gasteiger partial charge in [-0.1, -0.05) is 79.2 Å². The molecule has 3 aromatic carbocycles. The van der Waals surface area contributed by atoms with Crippen LogP contribution in [0, 0.1) is 0 Å². The minimum Gasteiger partial charge on any atom is -0.351 e. The van der Waals surface area contributed by atoms with Gasteiger partial charge in [0.25, 0.3) is 0 Å². The van der Waals surface area contributed by atoms with Crippen molar-refractivity contribution < 1.29 is 18.0 Å². The van der Waals surface area contributed by atoms with Gasteiger partial charge < -0.3 is 10.2 Å². The Kier molecular flexibility index (Phi) is 11.3. The average Bonchev–Trinajstić information content (AvgIpc) is 2.94. The van der Waals surface area contributed by atoms with Gasteiger partial charge in [0.2, 0.25) is 21.8 Å². The van der Waals surface area contributed by atoms with Crippen molar-refractivity contribution in [1.82, 2.24) is 14.9 Å². The van der Waals surface area contributed by atoms with E-state index in [2.05, 4.69) is 16.6 Å². The number of nitrogens with zero attached hydrogens (tertiary/aromatic N) is 1. The standard InChI is InChI=1S/C30H34ClN3O4S/c1-3-20-32-30(36)28(21-24-8-6-5-7-9-24)34(22-25-10-15-26(31)16-11-25)29(35)19-14-23-12-17-27(18-13-23)39(37,38)33-4-2/h3,5-13,15-18,28,33H,1,4,14,19-22H2,2H3,(H,32,36). The molecule has 0 spiro atoms. The number of rotatable bonds is 14. The summed E-state index contributed by atoms with van der Waals surface area (Å²) in [4.78, 5) is 28.8. The third kappa shape index (κ3) is 9.06. The van der Waals surface area contributed by atoms with Crippen LogP contribution < -0.4 is 10.0 Å². The van der Waals surface area contributed by atoms with Crippen molar-refractivity contribution in [3.05, 3.63) is 113 Å². The van der Waals surface area contributed by atoms with Crippen LogP contribution in [0.2, 0.25) is 5.02 Å². The summed E-state index contributed by atoms with van der Waals surface area (Å²) in [6, 6.07) is 22.5. The Morgan fingerprint density at radius 1 is 0.949 bits per heavy atom. The average molecular weight is 568 g/mol. The summed E-state index contributed by atoms with van der Waals surface area (Å²) >= 11 is 6.07. The first kappa shape index (κ1) is 30.1. The number of carbonyl (C=O) groups excluding carboxylic acids is 2. The van der Waals surface area contributed by atoms with E-state index in [1.807, 2.05) is 42.5 Å². The molecule has 3 aromatic rings. The lowest BCUT2D eigenvalue weighted by Crippen LogP contribution is -2.50. The molecule has 0 aliphatic rings. The van der Waals surface area contributed by atoms with Gasteiger partial charge in [0, 0.05) is 37.5 Å². The van der Waals surface area contributed by atoms with E-state index in [-0.39, 0.29) is 36.2 Å². The predicted octanol–water partition coefficient (Wildman–Crippen LogP) is 4.51. The zero-order chi connectivity index (χ0) is 28.3. The van der Waals surface area contributed by atoms with Crippen LogP contribution >= 0.6 is 11.6 Å². The van der Waals surface area contributed by atoms with Crippen molar-refractivity contribution in [2.75, 3.05) is 13.1 Å². The van der Waals surface area contributed by atoms with E-state index in [4.69, 9.17) is 11.6 Å². The van der Waals surface area contributed by atoms with E-state index in [0.29, 0.717) is 24.4 Å². The Morgan fingerprint density at radius 3 is 2.21 bits per heavy atom. The molecular weight excluding hydrogens is 534 g/mol. The minimum absolute atomic E-state index is 0.146. The van der Waals surface area contributed by atoms with E-state index in [1.165, 1.54) is 12.1 Å². The van der Waals surface area contributed by atoms with E-state index in [1.54, 1.807) is 42.2 Å². The van der Waals surface area contributed by atoms with E-state index >= 15 is 0 Å². The topological polar surface area (TPSA) is 95.6 Å². The summed E-state index contributed by atoms with van der Waals surface area (Å²) in [5.74, 6) is -0.456. The van der Waals surface area contributed by atoms with Gasteiger partial charge in [-0.2, -0.15) is 0 Å². The second kappa shape index (κ2) is 14.6. The number of benzene rings is 3. The molecule has 0 heterocycles. The fourth-order valence-electron chi connectivity index (χ4n) is 4.13. The maximum atomic E-state index is 13.7. The molecule has 2 amide bonds. The highest BCUT2D eigenvalue weighted by atomic mass is 35.5. The van der Waals surface area contributed by atoms with Crippen LogP contribution in [0.4, 0.5) is 0 Å². The van der Waals surface area contributed by atoms with Crippen molar-refractivity contribution in [3.63, 3.8) is 0 Å². The van der Waals surface area contributed by atoms with E-state index < -0.39 is 16.1 Å². The third-order valence-electron chi connectivity index (χ3n) is 6.15. The number of sulfonamides is 1. The maximum absolute atomic E-state index is 13.7. The Balaban J connectivity index is 1.85. The minimum atomic E-state index is -3.55. The first-order valence-corrected chi connectivity index (χ1v) is 14.6. The molecule has 1 atom stereocenters. The maximum Gasteiger partial charge on any atom is 0.243 e. The highest BCUT2D eigenvalue weighted by Crippen LogP contribution is 2.19. The quantitative estimate of drug-likeness (QED) is 0.280. The predicted molar refractivity (Wildman–Crippen MR) is 155 cm³/mol. The van der Waals surface area contributed by atoms with Crippen LogP contribution in [0.1, 0.15) is 30.0 Å². The van der Waals surface area contributed by atoms with Gasteiger partial charge in [-0.25, -0.2) is 13.1 Å². The molecule has 2 N–H and O–H groups in total. The zero-order valence-electron chi connectivity index (χ0n) is 22.0. The molecule has 0 fully saturated rings. The van der Waals surface area contributed by atoms with Crippen molar-refractivity contribution in [2.24, 2.45) is 0 Å². The van der Waals surface area contributed by atoms with Gasteiger partial charge in [-0.15, -0.1) is 6.58 Å². The van der Waals surface area contributed by atoms with Crippen LogP contribution in [0.15, 0.2) is 96.4 Å². The van der Waals surface area contributed by atoms with Gasteiger partial charge in [0.1, 0.15) is 6.04 Å². The number of hydrogen-bond donors (Lipinski definition) is 2. The molecule has 7 nitrogen and oxygen atoms in total. The summed E-state index contributed by atoms with van der Waals surface area (Å²) in [6.07, 6.45) is 2.49. The molecular formula is C30H34ClN3O4S. The number of hydrogen-bond acceptors (Lipinski definition) is 4. The van der Waals surface area contributed by atoms with Gasteiger partial charge in [0.15, 0.2) is 0 Å². The Labute approximate surface area is 235 Å². The fourth-order valence-corrected chi connectivity index (χ4v) is 5.30. The highest BCUT2D eigenvalue weighted by Gasteiger charge is 2.30. The molecule has 0 radical (unpaired) electrons. The lowest BCUT2D eigenvalue weighted by atomic mass is 10.0. The third-order valence-corrected chi connectivity index (χ3v) is 7.97. The van der Waals surface area contributed by atoms with Gasteiger partial charge in [-0.05, 0) is 47.4 Å². The molecule has 0 saturated heterocycles. The number of carbonyl (C=O) groups is 2. The van der Waals surface area contributed by atoms with Crippen molar-refractivity contribution in [1.29, 1.82) is 0 Å². The van der Waals surface area contributed by atoms with Crippen LogP contribution in [-0.4, -0.2) is 44.3 Å². The molecule has 0 aliphatic carbocycles. The smallest absolute Gasteiger partial charge is 0.243 e. The second-order valence-electron chi connectivity index (χ2n) is 9.03. The van der Waals surface area contributed by atoms with Crippen LogP contribution in [0.5, 0.6) is 0 Å². The Bertz CT molecular complexity index is 1350. The summed E-state index contributed by atoms with van der Waals surface area (Å²) < 4.78 is 26.9. The lowest BCUT2D eigenvalue weighted by Gasteiger charge is -2.31. The van der Waals surface area contributed by atoms with Crippen LogP contribution in [0.3, 0.4) is 0 Å². The molecule has 0 aromatic heterocycles. The first-order valence-electron chi connectivity index (χ1n) is 12.8. The molecule has 1 unspecified atom stereocenters. The van der Waals surface area contributed by atoms with Crippen molar-refractivity contribution >= 4 is 33.4 Å². The molecule has 3 rings (SSSR count). The summed E-state index contributed by atoms with van der Waals surface area (Å²) in [6.45, 7) is 6.21. The normalized spacial score (nSPS) is 11.9. The second-order valence-corrected chi connectivity index (χ2v) is 11.2. The van der Waals surface area contributed by atoms with Gasteiger partial charge in [-0.3, -0.25) is 9.59 Å². The van der Waals surface area contributed by atoms with Crippen LogP contribution in [0.25, 0.3) is 0 Å². The van der Waals surface area contributed by atoms with Gasteiger partial charge >= 0.3 is 0 Å². The number of halogens is 1. The van der Waals surface area contributed by atoms with Crippen molar-refractivity contribution in [3.8, 4) is 0 Å². The molecule has 9 heteroatoms. The Hall–Kier alpha value is -3.46. The summed E-state index contributed by atoms with van der Waals surface area (Å²) in [5.41, 5.74) is 2.60. The highest BCUT2D eigenvalue weighted by molar-refractivity contribution is 7.89. The van der Waals surface area contributed by atoms with E-state index in [0.717, 1.165) is 16.7 Å². The van der Waals surface area contributed by atoms with E-state index in [9.17, 15) is 18.0 Å². The largest absolute Gasteiger partial charge is 0.351 e. The van der Waals surface area contributed by atoms with Crippen molar-refractivity contribution in [2.45, 2.75) is 43.7 Å². The Morgan fingerprint density at radius 2 is 1.59 bits per heavy atom. The summed E-state index contributed by atoms with van der Waals surface area (Å²) in [7, 11) is -3.55. The molecule has 0 saturated carbocycles.